The molecular formula is C8H7ClN4. The van der Waals surface area contributed by atoms with Crippen molar-refractivity contribution in [3.63, 3.8) is 0 Å². The van der Waals surface area contributed by atoms with Crippen LogP contribution >= 0.6 is 11.6 Å². The van der Waals surface area contributed by atoms with E-state index in [2.05, 4.69) is 21.2 Å². The van der Waals surface area contributed by atoms with Crippen molar-refractivity contribution >= 4 is 23.1 Å². The van der Waals surface area contributed by atoms with E-state index in [-0.39, 0.29) is 0 Å². The van der Waals surface area contributed by atoms with E-state index < -0.39 is 0 Å². The van der Waals surface area contributed by atoms with Gasteiger partial charge in [0.15, 0.2) is 11.0 Å². The second-order valence-corrected chi connectivity index (χ2v) is 2.96. The summed E-state index contributed by atoms with van der Waals surface area (Å²) < 4.78 is 0. The number of rotatable bonds is 1. The first-order chi connectivity index (χ1) is 6.33. The molecule has 0 aliphatic carbocycles. The van der Waals surface area contributed by atoms with Gasteiger partial charge in [-0.3, -0.25) is 0 Å². The number of aromatic nitrogens is 2. The first-order valence-corrected chi connectivity index (χ1v) is 4.13. The molecule has 4 nitrogen and oxygen atoms in total. The number of halogens is 1. The highest BCUT2D eigenvalue weighted by Gasteiger charge is 2.22. The monoisotopic (exact) mass is 194 g/mol. The molecule has 0 saturated heterocycles. The molecule has 0 bridgehead atoms. The maximum absolute atomic E-state index is 5.90. The third kappa shape index (κ3) is 1.27. The first kappa shape index (κ1) is 8.14. The molecule has 1 aliphatic heterocycles. The van der Waals surface area contributed by atoms with E-state index in [0.29, 0.717) is 18.4 Å². The molecule has 2 heterocycles. The molecule has 0 aromatic carbocycles. The maximum Gasteiger partial charge on any atom is 0.158 e. The van der Waals surface area contributed by atoms with E-state index in [1.165, 1.54) is 6.33 Å². The lowest BCUT2D eigenvalue weighted by atomic mass is 10.4. The fraction of sp³-hybridized carbons (Fsp3) is 0.250. The highest BCUT2D eigenvalue weighted by molar-refractivity contribution is 6.32. The van der Waals surface area contributed by atoms with Gasteiger partial charge in [0, 0.05) is 0 Å². The Kier molecular flexibility index (Phi) is 1.95. The van der Waals surface area contributed by atoms with Crippen molar-refractivity contribution in [2.75, 3.05) is 23.4 Å². The molecule has 1 aliphatic rings. The van der Waals surface area contributed by atoms with E-state index in [9.17, 15) is 0 Å². The van der Waals surface area contributed by atoms with E-state index >= 15 is 0 Å². The van der Waals surface area contributed by atoms with Gasteiger partial charge in [0.1, 0.15) is 12.0 Å². The predicted octanol–water partition coefficient (Wildman–Crippen LogP) is 0.953. The van der Waals surface area contributed by atoms with Crippen LogP contribution in [-0.2, 0) is 0 Å². The summed E-state index contributed by atoms with van der Waals surface area (Å²) in [6, 6.07) is 0. The third-order valence-electron chi connectivity index (χ3n) is 1.81. The van der Waals surface area contributed by atoms with Crippen LogP contribution in [0.15, 0.2) is 6.33 Å². The largest absolute Gasteiger partial charge is 0.351 e. The lowest BCUT2D eigenvalue weighted by Crippen LogP contribution is -2.23. The van der Waals surface area contributed by atoms with Gasteiger partial charge in [-0.05, 0) is 0 Å². The summed E-state index contributed by atoms with van der Waals surface area (Å²) in [4.78, 5) is 9.84. The van der Waals surface area contributed by atoms with Crippen LogP contribution in [-0.4, -0.2) is 23.2 Å². The smallest absolute Gasteiger partial charge is 0.158 e. The van der Waals surface area contributed by atoms with Crippen molar-refractivity contribution in [2.45, 2.75) is 0 Å². The summed E-state index contributed by atoms with van der Waals surface area (Å²) in [7, 11) is 0. The molecule has 1 N–H and O–H groups in total. The van der Waals surface area contributed by atoms with E-state index in [0.717, 1.165) is 11.5 Å². The lowest BCUT2D eigenvalue weighted by molar-refractivity contribution is 0.971. The number of terminal acetylenes is 1. The zero-order chi connectivity index (χ0) is 9.26. The SMILES string of the molecule is C#CCN1CNc2ncnc(Cl)c21. The number of nitrogens with one attached hydrogen (secondary N) is 1. The summed E-state index contributed by atoms with van der Waals surface area (Å²) in [6.45, 7) is 1.14. The topological polar surface area (TPSA) is 41.0 Å². The molecule has 66 valence electrons. The Morgan fingerprint density at radius 2 is 2.54 bits per heavy atom. The molecule has 13 heavy (non-hydrogen) atoms. The highest BCUT2D eigenvalue weighted by Crippen LogP contribution is 2.33. The molecule has 0 atom stereocenters. The summed E-state index contributed by atoms with van der Waals surface area (Å²) >= 11 is 5.90. The van der Waals surface area contributed by atoms with Crippen LogP contribution in [0.1, 0.15) is 0 Å². The number of hydrogen-bond acceptors (Lipinski definition) is 4. The molecule has 5 heteroatoms. The van der Waals surface area contributed by atoms with Crippen LogP contribution in [0.5, 0.6) is 0 Å². The van der Waals surface area contributed by atoms with Gasteiger partial charge >= 0.3 is 0 Å². The fourth-order valence-corrected chi connectivity index (χ4v) is 1.51. The van der Waals surface area contributed by atoms with Crippen molar-refractivity contribution < 1.29 is 0 Å². The van der Waals surface area contributed by atoms with E-state index in [1.54, 1.807) is 0 Å². The molecule has 2 rings (SSSR count). The quantitative estimate of drug-likeness (QED) is 0.534. The molecule has 0 spiro atoms. The average molecular weight is 195 g/mol. The molecule has 0 unspecified atom stereocenters. The zero-order valence-corrected chi connectivity index (χ0v) is 7.54. The lowest BCUT2D eigenvalue weighted by Gasteiger charge is -2.13. The third-order valence-corrected chi connectivity index (χ3v) is 2.09. The van der Waals surface area contributed by atoms with Gasteiger partial charge in [-0.25, -0.2) is 9.97 Å². The van der Waals surface area contributed by atoms with Gasteiger partial charge in [0.2, 0.25) is 0 Å². The summed E-state index contributed by atoms with van der Waals surface area (Å²) in [5.74, 6) is 3.30. The Labute approximate surface area is 80.9 Å². The minimum atomic E-state index is 0.435. The Morgan fingerprint density at radius 3 is 3.31 bits per heavy atom. The second-order valence-electron chi connectivity index (χ2n) is 2.60. The van der Waals surface area contributed by atoms with Gasteiger partial charge in [-0.1, -0.05) is 17.5 Å². The summed E-state index contributed by atoms with van der Waals surface area (Å²) in [5, 5.41) is 3.51. The number of nitrogens with zero attached hydrogens (tertiary/aromatic N) is 3. The van der Waals surface area contributed by atoms with Crippen molar-refractivity contribution in [1.29, 1.82) is 0 Å². The second kappa shape index (κ2) is 3.11. The Morgan fingerprint density at radius 1 is 1.69 bits per heavy atom. The molecular weight excluding hydrogens is 188 g/mol. The molecule has 1 aromatic rings. The number of fused-ring (bicyclic) bond motifs is 1. The zero-order valence-electron chi connectivity index (χ0n) is 6.79. The summed E-state index contributed by atoms with van der Waals surface area (Å²) in [5.41, 5.74) is 0.794. The van der Waals surface area contributed by atoms with Gasteiger partial charge in [-0.2, -0.15) is 0 Å². The van der Waals surface area contributed by atoms with Crippen LogP contribution in [0.3, 0.4) is 0 Å². The number of anilines is 2. The minimum absolute atomic E-state index is 0.435. The van der Waals surface area contributed by atoms with Crippen LogP contribution in [0.2, 0.25) is 5.15 Å². The Bertz CT molecular complexity index is 371. The Balaban J connectivity index is 2.41. The van der Waals surface area contributed by atoms with Crippen LogP contribution in [0, 0.1) is 12.3 Å². The van der Waals surface area contributed by atoms with Gasteiger partial charge in [0.25, 0.3) is 0 Å². The van der Waals surface area contributed by atoms with Crippen molar-refractivity contribution in [2.24, 2.45) is 0 Å². The molecule has 0 radical (unpaired) electrons. The van der Waals surface area contributed by atoms with Crippen LogP contribution in [0.25, 0.3) is 0 Å². The molecule has 0 amide bonds. The Hall–Kier alpha value is -1.47. The standard InChI is InChI=1S/C8H7ClN4/c1-2-3-13-5-12-8-6(13)7(9)10-4-11-8/h1,4H,3,5H2,(H,10,11,12). The average Bonchev–Trinajstić information content (AvgIpc) is 2.51. The van der Waals surface area contributed by atoms with E-state index in [4.69, 9.17) is 18.0 Å². The van der Waals surface area contributed by atoms with Crippen LogP contribution in [0.4, 0.5) is 11.5 Å². The number of hydrogen-bond donors (Lipinski definition) is 1. The van der Waals surface area contributed by atoms with Crippen molar-refractivity contribution in [1.82, 2.24) is 9.97 Å². The van der Waals surface area contributed by atoms with Gasteiger partial charge in [-0.15, -0.1) is 6.42 Å². The van der Waals surface area contributed by atoms with E-state index in [1.807, 2.05) is 4.90 Å². The van der Waals surface area contributed by atoms with Crippen molar-refractivity contribution in [3.05, 3.63) is 11.5 Å². The first-order valence-electron chi connectivity index (χ1n) is 3.75. The minimum Gasteiger partial charge on any atom is -0.351 e. The fourth-order valence-electron chi connectivity index (χ4n) is 1.26. The molecule has 0 fully saturated rings. The predicted molar refractivity (Wildman–Crippen MR) is 51.7 cm³/mol. The van der Waals surface area contributed by atoms with Gasteiger partial charge in [0.05, 0.1) is 13.2 Å². The van der Waals surface area contributed by atoms with Gasteiger partial charge < -0.3 is 10.2 Å². The maximum atomic E-state index is 5.90. The molecule has 1 aromatic heterocycles. The molecule has 0 saturated carbocycles. The normalized spacial score (nSPS) is 13.4. The highest BCUT2D eigenvalue weighted by atomic mass is 35.5. The van der Waals surface area contributed by atoms with Crippen LogP contribution < -0.4 is 10.2 Å². The summed E-state index contributed by atoms with van der Waals surface area (Å²) in [6.07, 6.45) is 6.64. The van der Waals surface area contributed by atoms with Crippen molar-refractivity contribution in [3.8, 4) is 12.3 Å².